The van der Waals surface area contributed by atoms with E-state index < -0.39 is 0 Å². The van der Waals surface area contributed by atoms with Crippen molar-refractivity contribution < 1.29 is 9.59 Å². The van der Waals surface area contributed by atoms with Gasteiger partial charge in [0.15, 0.2) is 0 Å². The first-order chi connectivity index (χ1) is 12.7. The highest BCUT2D eigenvalue weighted by Gasteiger charge is 2.26. The zero-order valence-electron chi connectivity index (χ0n) is 14.3. The van der Waals surface area contributed by atoms with Crippen LogP contribution in [0, 0.1) is 0 Å². The number of amides is 2. The lowest BCUT2D eigenvalue weighted by Crippen LogP contribution is -2.49. The van der Waals surface area contributed by atoms with Crippen LogP contribution in [0.5, 0.6) is 0 Å². The third kappa shape index (κ3) is 3.63. The second kappa shape index (κ2) is 7.07. The highest BCUT2D eigenvalue weighted by molar-refractivity contribution is 5.99. The molecule has 3 heterocycles. The Morgan fingerprint density at radius 3 is 2.38 bits per heavy atom. The molecule has 2 aliphatic rings. The molecule has 0 atom stereocenters. The number of nitrogens with zero attached hydrogens (tertiary/aromatic N) is 5. The predicted octanol–water partition coefficient (Wildman–Crippen LogP) is 0.726. The van der Waals surface area contributed by atoms with Crippen molar-refractivity contribution in [2.24, 2.45) is 0 Å². The van der Waals surface area contributed by atoms with Crippen molar-refractivity contribution in [3.05, 3.63) is 48.0 Å². The molecule has 1 N–H and O–H groups in total. The summed E-state index contributed by atoms with van der Waals surface area (Å²) in [6, 6.07) is 3.68. The number of anilines is 1. The molecule has 1 saturated carbocycles. The maximum absolute atomic E-state index is 12.8. The zero-order chi connectivity index (χ0) is 17.9. The van der Waals surface area contributed by atoms with Crippen LogP contribution in [-0.4, -0.2) is 63.9 Å². The summed E-state index contributed by atoms with van der Waals surface area (Å²) in [6.45, 7) is 2.50. The predicted molar refractivity (Wildman–Crippen MR) is 94.9 cm³/mol. The maximum atomic E-state index is 12.8. The molecule has 0 spiro atoms. The van der Waals surface area contributed by atoms with Gasteiger partial charge in [-0.15, -0.1) is 0 Å². The van der Waals surface area contributed by atoms with E-state index in [4.69, 9.17) is 0 Å². The van der Waals surface area contributed by atoms with Crippen LogP contribution in [0.4, 0.5) is 5.95 Å². The summed E-state index contributed by atoms with van der Waals surface area (Å²) in [6.07, 6.45) is 8.48. The Balaban J connectivity index is 1.39. The van der Waals surface area contributed by atoms with Gasteiger partial charge in [-0.1, -0.05) is 0 Å². The van der Waals surface area contributed by atoms with E-state index in [-0.39, 0.29) is 17.9 Å². The molecule has 4 rings (SSSR count). The van der Waals surface area contributed by atoms with Gasteiger partial charge in [0.25, 0.3) is 11.8 Å². The molecule has 0 unspecified atom stereocenters. The molecule has 1 aliphatic carbocycles. The van der Waals surface area contributed by atoms with Crippen LogP contribution < -0.4 is 10.2 Å². The molecule has 2 amide bonds. The van der Waals surface area contributed by atoms with E-state index in [9.17, 15) is 9.59 Å². The Morgan fingerprint density at radius 1 is 1.00 bits per heavy atom. The van der Waals surface area contributed by atoms with Gasteiger partial charge in [-0.3, -0.25) is 14.6 Å². The van der Waals surface area contributed by atoms with E-state index in [1.807, 2.05) is 0 Å². The van der Waals surface area contributed by atoms with Gasteiger partial charge in [0.05, 0.1) is 11.1 Å². The second-order valence-corrected chi connectivity index (χ2v) is 6.54. The van der Waals surface area contributed by atoms with Crippen molar-refractivity contribution in [3.63, 3.8) is 0 Å². The van der Waals surface area contributed by atoms with Crippen LogP contribution in [0.25, 0.3) is 0 Å². The monoisotopic (exact) mass is 352 g/mol. The van der Waals surface area contributed by atoms with E-state index in [0.717, 1.165) is 12.8 Å². The highest BCUT2D eigenvalue weighted by atomic mass is 16.2. The first-order valence-corrected chi connectivity index (χ1v) is 8.78. The van der Waals surface area contributed by atoms with Crippen LogP contribution in [0.2, 0.25) is 0 Å². The molecule has 0 aromatic carbocycles. The molecule has 2 aromatic heterocycles. The van der Waals surface area contributed by atoms with Crippen molar-refractivity contribution in [2.45, 2.75) is 18.9 Å². The fourth-order valence-electron chi connectivity index (χ4n) is 2.92. The molecular weight excluding hydrogens is 332 g/mol. The lowest BCUT2D eigenvalue weighted by molar-refractivity contribution is 0.0746. The SMILES string of the molecule is O=C(NC1CC1)c1cncc(C(=O)N2CCN(c3ncccn3)CC2)c1. The summed E-state index contributed by atoms with van der Waals surface area (Å²) in [7, 11) is 0. The first-order valence-electron chi connectivity index (χ1n) is 8.78. The maximum Gasteiger partial charge on any atom is 0.255 e. The average Bonchev–Trinajstić information content (AvgIpc) is 3.52. The molecule has 2 aromatic rings. The largest absolute Gasteiger partial charge is 0.349 e. The summed E-state index contributed by atoms with van der Waals surface area (Å²) >= 11 is 0. The van der Waals surface area contributed by atoms with Crippen molar-refractivity contribution in [2.75, 3.05) is 31.1 Å². The Labute approximate surface area is 151 Å². The molecule has 26 heavy (non-hydrogen) atoms. The number of nitrogens with one attached hydrogen (secondary N) is 1. The Hall–Kier alpha value is -3.03. The third-order valence-corrected chi connectivity index (χ3v) is 4.56. The quantitative estimate of drug-likeness (QED) is 0.872. The van der Waals surface area contributed by atoms with Crippen molar-refractivity contribution in [3.8, 4) is 0 Å². The minimum Gasteiger partial charge on any atom is -0.349 e. The topological polar surface area (TPSA) is 91.3 Å². The minimum absolute atomic E-state index is 0.104. The fourth-order valence-corrected chi connectivity index (χ4v) is 2.92. The number of rotatable bonds is 4. The fraction of sp³-hybridized carbons (Fsp3) is 0.389. The Morgan fingerprint density at radius 2 is 1.69 bits per heavy atom. The molecule has 2 fully saturated rings. The van der Waals surface area contributed by atoms with Gasteiger partial charge in [0.2, 0.25) is 5.95 Å². The molecular formula is C18H20N6O2. The number of hydrogen-bond donors (Lipinski definition) is 1. The molecule has 0 bridgehead atoms. The summed E-state index contributed by atoms with van der Waals surface area (Å²) in [4.78, 5) is 41.3. The van der Waals surface area contributed by atoms with Crippen LogP contribution in [-0.2, 0) is 0 Å². The zero-order valence-corrected chi connectivity index (χ0v) is 14.3. The number of pyridine rings is 1. The van der Waals surface area contributed by atoms with Crippen LogP contribution in [0.1, 0.15) is 33.6 Å². The van der Waals surface area contributed by atoms with E-state index >= 15 is 0 Å². The van der Waals surface area contributed by atoms with E-state index in [1.54, 1.807) is 29.4 Å². The Kier molecular flexibility index (Phi) is 4.47. The van der Waals surface area contributed by atoms with Crippen LogP contribution in [0.3, 0.4) is 0 Å². The van der Waals surface area contributed by atoms with Crippen molar-refractivity contribution >= 4 is 17.8 Å². The number of carbonyl (C=O) groups excluding carboxylic acids is 2. The summed E-state index contributed by atoms with van der Waals surface area (Å²) in [5.74, 6) is 0.410. The van der Waals surface area contributed by atoms with Gasteiger partial charge < -0.3 is 15.1 Å². The molecule has 8 heteroatoms. The van der Waals surface area contributed by atoms with E-state index in [2.05, 4.69) is 25.2 Å². The number of carbonyl (C=O) groups is 2. The van der Waals surface area contributed by atoms with Gasteiger partial charge in [0, 0.05) is 57.0 Å². The number of aromatic nitrogens is 3. The normalized spacial score (nSPS) is 17.1. The highest BCUT2D eigenvalue weighted by Crippen LogP contribution is 2.19. The van der Waals surface area contributed by atoms with Gasteiger partial charge in [0.1, 0.15) is 0 Å². The van der Waals surface area contributed by atoms with Crippen LogP contribution in [0.15, 0.2) is 36.9 Å². The lowest BCUT2D eigenvalue weighted by Gasteiger charge is -2.34. The first kappa shape index (κ1) is 16.4. The average molecular weight is 352 g/mol. The summed E-state index contributed by atoms with van der Waals surface area (Å²) in [5, 5.41) is 2.92. The van der Waals surface area contributed by atoms with E-state index in [0.29, 0.717) is 43.3 Å². The molecule has 8 nitrogen and oxygen atoms in total. The molecule has 1 aliphatic heterocycles. The van der Waals surface area contributed by atoms with Gasteiger partial charge in [-0.05, 0) is 25.0 Å². The summed E-state index contributed by atoms with van der Waals surface area (Å²) < 4.78 is 0. The van der Waals surface area contributed by atoms with Crippen molar-refractivity contribution in [1.82, 2.24) is 25.2 Å². The number of piperazine rings is 1. The molecule has 0 radical (unpaired) electrons. The third-order valence-electron chi connectivity index (χ3n) is 4.56. The Bertz CT molecular complexity index is 800. The van der Waals surface area contributed by atoms with Crippen LogP contribution >= 0.6 is 0 Å². The lowest BCUT2D eigenvalue weighted by atomic mass is 10.1. The van der Waals surface area contributed by atoms with Crippen molar-refractivity contribution in [1.29, 1.82) is 0 Å². The second-order valence-electron chi connectivity index (χ2n) is 6.54. The standard InChI is InChI=1S/C18H20N6O2/c25-16(22-15-2-3-15)13-10-14(12-19-11-13)17(26)23-6-8-24(9-7-23)18-20-4-1-5-21-18/h1,4-5,10-12,15H,2-3,6-9H2,(H,22,25). The van der Waals surface area contributed by atoms with Gasteiger partial charge >= 0.3 is 0 Å². The summed E-state index contributed by atoms with van der Waals surface area (Å²) in [5.41, 5.74) is 0.872. The molecule has 134 valence electrons. The van der Waals surface area contributed by atoms with Gasteiger partial charge in [-0.2, -0.15) is 0 Å². The minimum atomic E-state index is -0.166. The van der Waals surface area contributed by atoms with E-state index in [1.165, 1.54) is 12.4 Å². The number of hydrogen-bond acceptors (Lipinski definition) is 6. The van der Waals surface area contributed by atoms with Gasteiger partial charge in [-0.25, -0.2) is 9.97 Å². The molecule has 1 saturated heterocycles. The smallest absolute Gasteiger partial charge is 0.255 e.